The summed E-state index contributed by atoms with van der Waals surface area (Å²) in [6.07, 6.45) is 0. The van der Waals surface area contributed by atoms with Crippen molar-refractivity contribution < 1.29 is 19.1 Å². The van der Waals surface area contributed by atoms with Crippen LogP contribution in [0.15, 0.2) is 42.5 Å². The van der Waals surface area contributed by atoms with Crippen LogP contribution in [-0.4, -0.2) is 30.3 Å². The number of rotatable bonds is 7. The van der Waals surface area contributed by atoms with E-state index in [1.165, 1.54) is 6.07 Å². The topological polar surface area (TPSA) is 76.7 Å². The summed E-state index contributed by atoms with van der Waals surface area (Å²) >= 11 is 11.2. The maximum absolute atomic E-state index is 12.1. The molecule has 0 aliphatic heterocycles. The molecule has 0 saturated heterocycles. The lowest BCUT2D eigenvalue weighted by Crippen LogP contribution is -2.28. The summed E-state index contributed by atoms with van der Waals surface area (Å²) in [6, 6.07) is 11.9. The number of nitrogens with one attached hydrogen (secondary N) is 2. The first kappa shape index (κ1) is 21.7. The predicted octanol–water partition coefficient (Wildman–Crippen LogP) is 4.18. The summed E-state index contributed by atoms with van der Waals surface area (Å²) in [6.45, 7) is 4.37. The molecule has 0 heterocycles. The Morgan fingerprint density at radius 3 is 2.00 bits per heavy atom. The Morgan fingerprint density at radius 1 is 0.964 bits per heavy atom. The van der Waals surface area contributed by atoms with Gasteiger partial charge in [-0.15, -0.1) is 0 Å². The molecule has 0 unspecified atom stereocenters. The van der Waals surface area contributed by atoms with Crippen LogP contribution in [0.25, 0.3) is 0 Å². The molecule has 2 aromatic carbocycles. The molecule has 0 aromatic heterocycles. The van der Waals surface area contributed by atoms with Crippen molar-refractivity contribution in [1.82, 2.24) is 5.32 Å². The summed E-state index contributed by atoms with van der Waals surface area (Å²) in [7, 11) is 0. The lowest BCUT2D eigenvalue weighted by atomic mass is 10.1. The van der Waals surface area contributed by atoms with Gasteiger partial charge in [0.25, 0.3) is 0 Å². The minimum Gasteiger partial charge on any atom is -0.462 e. The van der Waals surface area contributed by atoms with Gasteiger partial charge in [-0.2, -0.15) is 0 Å². The van der Waals surface area contributed by atoms with E-state index >= 15 is 0 Å². The van der Waals surface area contributed by atoms with Gasteiger partial charge in [-0.25, -0.2) is 9.59 Å². The standard InChI is InChI=1S/C20H21ClN2O4S/c1-3-26-18(24)14-9-15(19(25)27-4-2)11-17(10-14)23-20(28)22-12-13-5-7-16(21)8-6-13/h5-11H,3-4,12H2,1-2H3,(H2,22,23,28). The monoisotopic (exact) mass is 420 g/mol. The van der Waals surface area contributed by atoms with Gasteiger partial charge in [0.1, 0.15) is 0 Å². The quantitative estimate of drug-likeness (QED) is 0.514. The number of hydrogen-bond donors (Lipinski definition) is 2. The van der Waals surface area contributed by atoms with E-state index in [1.807, 2.05) is 12.1 Å². The highest BCUT2D eigenvalue weighted by molar-refractivity contribution is 7.80. The Morgan fingerprint density at radius 2 is 1.50 bits per heavy atom. The molecule has 0 spiro atoms. The number of esters is 2. The zero-order chi connectivity index (χ0) is 20.5. The highest BCUT2D eigenvalue weighted by atomic mass is 35.5. The summed E-state index contributed by atoms with van der Waals surface area (Å²) in [5.41, 5.74) is 1.94. The van der Waals surface area contributed by atoms with E-state index in [9.17, 15) is 9.59 Å². The minimum absolute atomic E-state index is 0.228. The molecule has 0 aliphatic carbocycles. The van der Waals surface area contributed by atoms with E-state index in [1.54, 1.807) is 38.1 Å². The fourth-order valence-electron chi connectivity index (χ4n) is 2.32. The van der Waals surface area contributed by atoms with Gasteiger partial charge in [0, 0.05) is 17.3 Å². The highest BCUT2D eigenvalue weighted by Crippen LogP contribution is 2.17. The number of ether oxygens (including phenoxy) is 2. The van der Waals surface area contributed by atoms with E-state index < -0.39 is 11.9 Å². The van der Waals surface area contributed by atoms with Crippen molar-refractivity contribution in [3.05, 3.63) is 64.2 Å². The second-order valence-electron chi connectivity index (χ2n) is 5.67. The van der Waals surface area contributed by atoms with Crippen molar-refractivity contribution in [3.63, 3.8) is 0 Å². The average Bonchev–Trinajstić information content (AvgIpc) is 2.67. The summed E-state index contributed by atoms with van der Waals surface area (Å²) in [5.74, 6) is -1.06. The smallest absolute Gasteiger partial charge is 0.338 e. The van der Waals surface area contributed by atoms with Crippen LogP contribution < -0.4 is 10.6 Å². The Kier molecular flexibility index (Phi) is 8.22. The number of thiocarbonyl (C=S) groups is 1. The van der Waals surface area contributed by atoms with Gasteiger partial charge in [0.15, 0.2) is 5.11 Å². The van der Waals surface area contributed by atoms with E-state index in [2.05, 4.69) is 10.6 Å². The molecule has 0 fully saturated rings. The van der Waals surface area contributed by atoms with Gasteiger partial charge < -0.3 is 20.1 Å². The van der Waals surface area contributed by atoms with Crippen molar-refractivity contribution in [1.29, 1.82) is 0 Å². The van der Waals surface area contributed by atoms with Crippen LogP contribution in [0.1, 0.15) is 40.1 Å². The minimum atomic E-state index is -0.531. The lowest BCUT2D eigenvalue weighted by molar-refractivity contribution is 0.0525. The molecule has 0 atom stereocenters. The van der Waals surface area contributed by atoms with Crippen molar-refractivity contribution in [2.45, 2.75) is 20.4 Å². The summed E-state index contributed by atoms with van der Waals surface area (Å²) in [4.78, 5) is 24.2. The molecule has 0 radical (unpaired) electrons. The number of benzene rings is 2. The van der Waals surface area contributed by atoms with Crippen molar-refractivity contribution in [2.24, 2.45) is 0 Å². The zero-order valence-corrected chi connectivity index (χ0v) is 17.2. The molecule has 2 rings (SSSR count). The molecule has 0 aliphatic rings. The first-order valence-corrected chi connectivity index (χ1v) is 9.50. The number of halogens is 1. The Bertz CT molecular complexity index is 820. The molecule has 8 heteroatoms. The maximum atomic E-state index is 12.1. The van der Waals surface area contributed by atoms with Crippen LogP contribution in [0, 0.1) is 0 Å². The van der Waals surface area contributed by atoms with E-state index in [0.717, 1.165) is 5.56 Å². The third kappa shape index (κ3) is 6.51. The Labute approximate surface area is 174 Å². The van der Waals surface area contributed by atoms with Crippen LogP contribution in [0.5, 0.6) is 0 Å². The molecule has 28 heavy (non-hydrogen) atoms. The highest BCUT2D eigenvalue weighted by Gasteiger charge is 2.15. The molecular weight excluding hydrogens is 400 g/mol. The molecule has 0 saturated carbocycles. The van der Waals surface area contributed by atoms with Crippen LogP contribution in [0.2, 0.25) is 5.02 Å². The number of carbonyl (C=O) groups is 2. The first-order valence-electron chi connectivity index (χ1n) is 8.71. The van der Waals surface area contributed by atoms with Gasteiger partial charge in [-0.3, -0.25) is 0 Å². The summed E-state index contributed by atoms with van der Waals surface area (Å²) < 4.78 is 10.0. The zero-order valence-electron chi connectivity index (χ0n) is 15.6. The van der Waals surface area contributed by atoms with Gasteiger partial charge in [0.2, 0.25) is 0 Å². The van der Waals surface area contributed by atoms with Gasteiger partial charge in [-0.05, 0) is 62.0 Å². The van der Waals surface area contributed by atoms with Crippen LogP contribution in [-0.2, 0) is 16.0 Å². The molecule has 148 valence electrons. The summed E-state index contributed by atoms with van der Waals surface area (Å²) in [5, 5.41) is 7.03. The fourth-order valence-corrected chi connectivity index (χ4v) is 2.64. The van der Waals surface area contributed by atoms with Crippen molar-refractivity contribution in [3.8, 4) is 0 Å². The average molecular weight is 421 g/mol. The lowest BCUT2D eigenvalue weighted by Gasteiger charge is -2.13. The third-order valence-electron chi connectivity index (χ3n) is 3.58. The molecule has 0 amide bonds. The van der Waals surface area contributed by atoms with Crippen molar-refractivity contribution >= 4 is 46.6 Å². The normalized spacial score (nSPS) is 10.1. The fraction of sp³-hybridized carbons (Fsp3) is 0.250. The number of hydrogen-bond acceptors (Lipinski definition) is 5. The van der Waals surface area contributed by atoms with E-state index in [4.69, 9.17) is 33.3 Å². The van der Waals surface area contributed by atoms with Crippen LogP contribution >= 0.6 is 23.8 Å². The second kappa shape index (κ2) is 10.6. The van der Waals surface area contributed by atoms with E-state index in [-0.39, 0.29) is 24.3 Å². The SMILES string of the molecule is CCOC(=O)c1cc(NC(=S)NCc2ccc(Cl)cc2)cc(C(=O)OCC)c1. The number of anilines is 1. The van der Waals surface area contributed by atoms with Crippen molar-refractivity contribution in [2.75, 3.05) is 18.5 Å². The first-order chi connectivity index (χ1) is 13.4. The molecule has 0 bridgehead atoms. The predicted molar refractivity (Wildman–Crippen MR) is 113 cm³/mol. The Hall–Kier alpha value is -2.64. The number of carbonyl (C=O) groups excluding carboxylic acids is 2. The van der Waals surface area contributed by atoms with E-state index in [0.29, 0.717) is 22.4 Å². The second-order valence-corrected chi connectivity index (χ2v) is 6.52. The van der Waals surface area contributed by atoms with Gasteiger partial charge >= 0.3 is 11.9 Å². The van der Waals surface area contributed by atoms with Crippen LogP contribution in [0.4, 0.5) is 5.69 Å². The van der Waals surface area contributed by atoms with Crippen LogP contribution in [0.3, 0.4) is 0 Å². The molecule has 6 nitrogen and oxygen atoms in total. The molecule has 2 aromatic rings. The molecule has 2 N–H and O–H groups in total. The maximum Gasteiger partial charge on any atom is 0.338 e. The third-order valence-corrected chi connectivity index (χ3v) is 4.08. The van der Waals surface area contributed by atoms with Gasteiger partial charge in [-0.1, -0.05) is 23.7 Å². The molecular formula is C20H21ClN2O4S. The Balaban J connectivity index is 2.13. The largest absolute Gasteiger partial charge is 0.462 e. The van der Waals surface area contributed by atoms with Gasteiger partial charge in [0.05, 0.1) is 24.3 Å².